The summed E-state index contributed by atoms with van der Waals surface area (Å²) in [6.45, 7) is -2.36. The molecule has 2 aromatic carbocycles. The zero-order chi connectivity index (χ0) is 34.6. The molecule has 0 spiro atoms. The van der Waals surface area contributed by atoms with Crippen LogP contribution >= 0.6 is 0 Å². The van der Waals surface area contributed by atoms with Gasteiger partial charge in [0.2, 0.25) is 0 Å². The maximum Gasteiger partial charge on any atom is 0.319 e. The number of nitrogens with two attached hydrogens (primary N) is 1. The Morgan fingerprint density at radius 2 is 2.00 bits per heavy atom. The topological polar surface area (TPSA) is 89.6 Å². The van der Waals surface area contributed by atoms with Gasteiger partial charge >= 0.3 is 6.01 Å². The molecule has 8 nitrogen and oxygen atoms in total. The fraction of sp³-hybridized carbons (Fsp3) is 0.424. The number of hydrogen-bond acceptors (Lipinski definition) is 8. The lowest BCUT2D eigenvalue weighted by Gasteiger charge is -2.31. The van der Waals surface area contributed by atoms with Gasteiger partial charge in [0.15, 0.2) is 17.5 Å². The van der Waals surface area contributed by atoms with Gasteiger partial charge in [-0.25, -0.2) is 26.3 Å². The van der Waals surface area contributed by atoms with E-state index in [2.05, 4.69) is 20.9 Å². The molecule has 2 aromatic heterocycles. The number of anilines is 2. The van der Waals surface area contributed by atoms with Crippen LogP contribution in [0, 0.1) is 35.7 Å². The molecule has 14 heteroatoms. The summed E-state index contributed by atoms with van der Waals surface area (Å²) in [7, 11) is 0. The van der Waals surface area contributed by atoms with E-state index < -0.39 is 76.4 Å². The fourth-order valence-electron chi connectivity index (χ4n) is 7.46. The van der Waals surface area contributed by atoms with Gasteiger partial charge in [0.1, 0.15) is 35.8 Å². The third-order valence-electron chi connectivity index (χ3n) is 9.67. The molecule has 4 aromatic rings. The number of aromatic nitrogens is 3. The minimum absolute atomic E-state index is 0.0145. The summed E-state index contributed by atoms with van der Waals surface area (Å²) in [5.41, 5.74) is 3.24. The molecule has 0 unspecified atom stereocenters. The molecule has 0 bridgehead atoms. The zero-order valence-electron chi connectivity index (χ0n) is 26.7. The molecule has 4 aliphatic rings. The SMILES string of the molecule is [2H]C([2H])(Oc1nc(N2CCOC[C@@H]3[C@H]2C3(F)F)c2cnc(-c3cc(N)cc4cc(F)c(F)c(C#C)c34)c(F)c2n1)[C@@]12CCCN1C[C@H](F)C2. The second-order valence-electron chi connectivity index (χ2n) is 12.5. The molecule has 5 heterocycles. The number of ether oxygens (including phenoxy) is 2. The highest BCUT2D eigenvalue weighted by Gasteiger charge is 2.71. The quantitative estimate of drug-likeness (QED) is 0.177. The van der Waals surface area contributed by atoms with E-state index in [0.29, 0.717) is 13.0 Å². The Bertz CT molecular complexity index is 2100. The van der Waals surface area contributed by atoms with E-state index in [1.54, 1.807) is 4.90 Å². The van der Waals surface area contributed by atoms with Crippen molar-refractivity contribution in [2.75, 3.05) is 50.0 Å². The molecule has 47 heavy (non-hydrogen) atoms. The highest BCUT2D eigenvalue weighted by atomic mass is 19.3. The van der Waals surface area contributed by atoms with Crippen molar-refractivity contribution in [1.29, 1.82) is 0 Å². The lowest BCUT2D eigenvalue weighted by atomic mass is 9.95. The Balaban J connectivity index is 1.34. The van der Waals surface area contributed by atoms with E-state index in [0.717, 1.165) is 12.3 Å². The van der Waals surface area contributed by atoms with Crippen LogP contribution in [0.25, 0.3) is 32.9 Å². The first-order valence-electron chi connectivity index (χ1n) is 16.1. The predicted octanol–water partition coefficient (Wildman–Crippen LogP) is 5.25. The third kappa shape index (κ3) is 4.57. The molecule has 244 valence electrons. The Labute approximate surface area is 267 Å². The van der Waals surface area contributed by atoms with E-state index in [1.165, 1.54) is 17.0 Å². The summed E-state index contributed by atoms with van der Waals surface area (Å²) >= 11 is 0. The average Bonchev–Trinajstić information content (AvgIpc) is 3.22. The predicted molar refractivity (Wildman–Crippen MR) is 161 cm³/mol. The first-order chi connectivity index (χ1) is 23.3. The van der Waals surface area contributed by atoms with E-state index >= 15 is 4.39 Å². The molecule has 4 fully saturated rings. The van der Waals surface area contributed by atoms with Crippen LogP contribution in [0.5, 0.6) is 6.01 Å². The van der Waals surface area contributed by atoms with E-state index in [9.17, 15) is 22.0 Å². The van der Waals surface area contributed by atoms with Gasteiger partial charge in [-0.2, -0.15) is 9.97 Å². The summed E-state index contributed by atoms with van der Waals surface area (Å²) in [6, 6.07) is 1.44. The van der Waals surface area contributed by atoms with Crippen LogP contribution in [0.3, 0.4) is 0 Å². The van der Waals surface area contributed by atoms with Crippen molar-refractivity contribution >= 4 is 33.2 Å². The Kier molecular flexibility index (Phi) is 6.24. The van der Waals surface area contributed by atoms with Crippen LogP contribution in [0.2, 0.25) is 0 Å². The standard InChI is InChI=1S/C33H28F6N6O2/c1-2-19-24-16(9-23(35)25(19)36)8-18(40)10-20(24)27-26(37)28-21(12-41-27)30(45-6-7-46-14-22-29(45)33(22,38)39)43-31(42-28)47-15-32-4-3-5-44(32)13-17(34)11-32/h1,8-10,12,17,22,29H,3-7,11,13-15,40H2/t17-,22-,29+,32+/m1/s1/i15D2. The molecule has 3 saturated heterocycles. The zero-order valence-corrected chi connectivity index (χ0v) is 24.7. The Morgan fingerprint density at radius 1 is 1.17 bits per heavy atom. The van der Waals surface area contributed by atoms with E-state index in [1.807, 2.05) is 0 Å². The molecule has 4 atom stereocenters. The van der Waals surface area contributed by atoms with Crippen LogP contribution in [0.4, 0.5) is 37.8 Å². The van der Waals surface area contributed by atoms with Gasteiger partial charge in [0, 0.05) is 42.3 Å². The largest absolute Gasteiger partial charge is 0.461 e. The molecule has 1 aliphatic carbocycles. The number of hydrogen-bond donors (Lipinski definition) is 1. The van der Waals surface area contributed by atoms with Crippen LogP contribution in [0.15, 0.2) is 24.4 Å². The molecule has 1 saturated carbocycles. The van der Waals surface area contributed by atoms with Gasteiger partial charge < -0.3 is 20.1 Å². The summed E-state index contributed by atoms with van der Waals surface area (Å²) in [6.07, 6.45) is 6.11. The van der Waals surface area contributed by atoms with Crippen molar-refractivity contribution < 1.29 is 38.6 Å². The second-order valence-corrected chi connectivity index (χ2v) is 12.5. The number of benzene rings is 2. The number of terminal acetylenes is 1. The number of nitrogens with zero attached hydrogens (tertiary/aromatic N) is 5. The number of nitrogen functional groups attached to an aromatic ring is 1. The minimum atomic E-state index is -3.16. The maximum atomic E-state index is 16.9. The van der Waals surface area contributed by atoms with E-state index in [4.69, 9.17) is 24.4 Å². The number of pyridine rings is 1. The molecular formula is C33H28F6N6O2. The molecular weight excluding hydrogens is 626 g/mol. The summed E-state index contributed by atoms with van der Waals surface area (Å²) in [5, 5.41) is -0.0973. The molecule has 0 radical (unpaired) electrons. The minimum Gasteiger partial charge on any atom is -0.461 e. The number of fused-ring (bicyclic) bond motifs is 4. The first kappa shape index (κ1) is 27.7. The molecule has 8 rings (SSSR count). The van der Waals surface area contributed by atoms with Crippen molar-refractivity contribution in [2.24, 2.45) is 5.92 Å². The van der Waals surface area contributed by atoms with E-state index in [-0.39, 0.29) is 72.4 Å². The van der Waals surface area contributed by atoms with Gasteiger partial charge in [0.25, 0.3) is 5.92 Å². The van der Waals surface area contributed by atoms with Crippen LogP contribution in [-0.2, 0) is 4.74 Å². The second kappa shape index (κ2) is 10.6. The Hall–Kier alpha value is -4.35. The highest BCUT2D eigenvalue weighted by Crippen LogP contribution is 2.55. The normalized spacial score (nSPS) is 27.6. The smallest absolute Gasteiger partial charge is 0.319 e. The van der Waals surface area contributed by atoms with Crippen LogP contribution < -0.4 is 15.4 Å². The average molecular weight is 657 g/mol. The summed E-state index contributed by atoms with van der Waals surface area (Å²) in [5.74, 6) is -6.13. The lowest BCUT2D eigenvalue weighted by Crippen LogP contribution is -2.43. The fourth-order valence-corrected chi connectivity index (χ4v) is 7.46. The third-order valence-corrected chi connectivity index (χ3v) is 9.67. The Morgan fingerprint density at radius 3 is 2.81 bits per heavy atom. The van der Waals surface area contributed by atoms with Gasteiger partial charge in [-0.15, -0.1) is 6.42 Å². The van der Waals surface area contributed by atoms with Crippen molar-refractivity contribution in [3.05, 3.63) is 47.4 Å². The van der Waals surface area contributed by atoms with Crippen molar-refractivity contribution in [3.63, 3.8) is 0 Å². The first-order valence-corrected chi connectivity index (χ1v) is 15.1. The van der Waals surface area contributed by atoms with Crippen molar-refractivity contribution in [2.45, 2.75) is 42.9 Å². The van der Waals surface area contributed by atoms with Crippen LogP contribution in [-0.4, -0.2) is 82.9 Å². The van der Waals surface area contributed by atoms with Gasteiger partial charge in [-0.05, 0) is 43.0 Å². The number of halogens is 6. The number of rotatable bonds is 5. The molecule has 3 aliphatic heterocycles. The maximum absolute atomic E-state index is 16.9. The van der Waals surface area contributed by atoms with Gasteiger partial charge in [0.05, 0.1) is 38.4 Å². The molecule has 2 N–H and O–H groups in total. The summed E-state index contributed by atoms with van der Waals surface area (Å²) in [4.78, 5) is 15.8. The number of alkyl halides is 3. The van der Waals surface area contributed by atoms with Gasteiger partial charge in [-0.3, -0.25) is 9.88 Å². The van der Waals surface area contributed by atoms with Crippen molar-refractivity contribution in [3.8, 4) is 29.6 Å². The monoisotopic (exact) mass is 656 g/mol. The van der Waals surface area contributed by atoms with Crippen LogP contribution in [0.1, 0.15) is 27.6 Å². The summed E-state index contributed by atoms with van der Waals surface area (Å²) < 4.78 is 120. The van der Waals surface area contributed by atoms with Gasteiger partial charge in [-0.1, -0.05) is 5.92 Å². The molecule has 0 amide bonds. The lowest BCUT2D eigenvalue weighted by molar-refractivity contribution is 0.0492. The highest BCUT2D eigenvalue weighted by molar-refractivity contribution is 6.04. The van der Waals surface area contributed by atoms with Crippen molar-refractivity contribution in [1.82, 2.24) is 19.9 Å².